The Kier molecular flexibility index (Phi) is 10.6. The number of anilines is 2. The number of carbonyl (C=O) groups excluding carboxylic acids is 3. The Labute approximate surface area is 280 Å². The number of unbranched alkanes of at least 4 members (excludes halogenated alkanes) is 2. The zero-order chi connectivity index (χ0) is 33.6. The van der Waals surface area contributed by atoms with Gasteiger partial charge in [-0.05, 0) is 47.9 Å². The molecule has 47 heavy (non-hydrogen) atoms. The second-order valence-electron chi connectivity index (χ2n) is 11.3. The molecule has 0 saturated carbocycles. The third-order valence-electron chi connectivity index (χ3n) is 8.08. The smallest absolute Gasteiger partial charge is 0.320 e. The van der Waals surface area contributed by atoms with E-state index in [1.54, 1.807) is 40.1 Å². The van der Waals surface area contributed by atoms with Gasteiger partial charge in [0.05, 0.1) is 26.9 Å². The van der Waals surface area contributed by atoms with E-state index in [-0.39, 0.29) is 27.4 Å². The van der Waals surface area contributed by atoms with Crippen molar-refractivity contribution in [1.82, 2.24) is 9.62 Å². The summed E-state index contributed by atoms with van der Waals surface area (Å²) < 4.78 is 28.9. The quantitative estimate of drug-likeness (QED) is 0.181. The number of hydrogen-bond donors (Lipinski definition) is 1. The maximum Gasteiger partial charge on any atom is 0.324 e. The highest BCUT2D eigenvalue weighted by Crippen LogP contribution is 2.34. The van der Waals surface area contributed by atoms with E-state index < -0.39 is 15.9 Å². The zero-order valence-corrected chi connectivity index (χ0v) is 27.9. The number of urea groups is 1. The second kappa shape index (κ2) is 14.8. The van der Waals surface area contributed by atoms with Gasteiger partial charge in [0.15, 0.2) is 0 Å². The van der Waals surface area contributed by atoms with Gasteiger partial charge in [-0.2, -0.15) is 0 Å². The second-order valence-corrected chi connectivity index (χ2v) is 13.4. The van der Waals surface area contributed by atoms with Crippen LogP contribution in [0.5, 0.6) is 0 Å². The topological polar surface area (TPSA) is 107 Å². The van der Waals surface area contributed by atoms with Gasteiger partial charge in [0, 0.05) is 38.7 Å². The van der Waals surface area contributed by atoms with Gasteiger partial charge in [-0.3, -0.25) is 14.5 Å². The molecule has 1 aliphatic rings. The summed E-state index contributed by atoms with van der Waals surface area (Å²) in [6.07, 6.45) is 2.84. The molecule has 4 amide bonds. The van der Waals surface area contributed by atoms with E-state index in [0.717, 1.165) is 24.8 Å². The van der Waals surface area contributed by atoms with Gasteiger partial charge in [0.25, 0.3) is 15.9 Å². The van der Waals surface area contributed by atoms with Gasteiger partial charge in [-0.1, -0.05) is 98.1 Å². The Hall–Kier alpha value is -4.67. The lowest BCUT2D eigenvalue weighted by atomic mass is 10.0. The molecule has 1 heterocycles. The van der Waals surface area contributed by atoms with Crippen molar-refractivity contribution in [2.24, 2.45) is 0 Å². The first-order valence-electron chi connectivity index (χ1n) is 15.5. The molecule has 0 radical (unpaired) electrons. The molecule has 5 rings (SSSR count). The first-order valence-corrected chi connectivity index (χ1v) is 17.4. The van der Waals surface area contributed by atoms with Crippen LogP contribution < -0.4 is 14.5 Å². The molecule has 4 aromatic carbocycles. The van der Waals surface area contributed by atoms with E-state index in [9.17, 15) is 22.8 Å². The highest BCUT2D eigenvalue weighted by Gasteiger charge is 2.31. The number of para-hydroxylation sites is 2. The fraction of sp³-hybridized carbons (Fsp3) is 0.250. The van der Waals surface area contributed by atoms with Crippen molar-refractivity contribution in [3.05, 3.63) is 113 Å². The molecule has 244 valence electrons. The van der Waals surface area contributed by atoms with E-state index in [1.807, 2.05) is 53.4 Å². The summed E-state index contributed by atoms with van der Waals surface area (Å²) in [5.74, 6) is -0.888. The average molecular weight is 673 g/mol. The van der Waals surface area contributed by atoms with Crippen LogP contribution >= 0.6 is 11.6 Å². The Balaban J connectivity index is 1.37. The lowest BCUT2D eigenvalue weighted by molar-refractivity contribution is -0.116. The fourth-order valence-corrected chi connectivity index (χ4v) is 7.10. The Morgan fingerprint density at radius 1 is 0.809 bits per heavy atom. The number of rotatable bonds is 10. The lowest BCUT2D eigenvalue weighted by Crippen LogP contribution is -2.50. The van der Waals surface area contributed by atoms with Gasteiger partial charge < -0.3 is 9.80 Å². The fourth-order valence-electron chi connectivity index (χ4n) is 5.68. The van der Waals surface area contributed by atoms with Crippen molar-refractivity contribution in [2.45, 2.75) is 44.6 Å². The van der Waals surface area contributed by atoms with Crippen LogP contribution in [0.15, 0.2) is 102 Å². The molecule has 0 fully saturated rings. The van der Waals surface area contributed by atoms with E-state index in [4.69, 9.17) is 11.6 Å². The van der Waals surface area contributed by atoms with Crippen molar-refractivity contribution in [1.29, 1.82) is 0 Å². The van der Waals surface area contributed by atoms with Crippen molar-refractivity contribution in [2.75, 3.05) is 29.4 Å². The zero-order valence-electron chi connectivity index (χ0n) is 26.4. The van der Waals surface area contributed by atoms with E-state index >= 15 is 0 Å². The summed E-state index contributed by atoms with van der Waals surface area (Å²) in [7, 11) is -4.24. The Bertz CT molecular complexity index is 1880. The number of amides is 4. The third kappa shape index (κ3) is 7.66. The maximum absolute atomic E-state index is 14.0. The van der Waals surface area contributed by atoms with Gasteiger partial charge in [0.1, 0.15) is 0 Å². The Morgan fingerprint density at radius 3 is 2.11 bits per heavy atom. The molecule has 0 aliphatic carbocycles. The molecule has 0 saturated heterocycles. The molecule has 0 unspecified atom stereocenters. The molecule has 0 spiro atoms. The molecule has 0 bridgehead atoms. The van der Waals surface area contributed by atoms with Crippen molar-refractivity contribution < 1.29 is 22.8 Å². The minimum atomic E-state index is -4.24. The molecule has 0 aromatic heterocycles. The minimum Gasteiger partial charge on any atom is -0.320 e. The first kappa shape index (κ1) is 33.7. The molecule has 1 aliphatic heterocycles. The van der Waals surface area contributed by atoms with Crippen molar-refractivity contribution in [3.63, 3.8) is 0 Å². The van der Waals surface area contributed by atoms with E-state index in [1.165, 1.54) is 25.1 Å². The van der Waals surface area contributed by atoms with Crippen LogP contribution in [0, 0.1) is 0 Å². The predicted octanol–water partition coefficient (Wildman–Crippen LogP) is 7.11. The summed E-state index contributed by atoms with van der Waals surface area (Å²) in [4.78, 5) is 44.3. The van der Waals surface area contributed by atoms with Crippen LogP contribution in [0.3, 0.4) is 0 Å². The standard InChI is InChI=1S/C36H37ClN4O5S/c1-3-4-11-22-39(36(44)41-24-23-40(26(2)42)32-15-8-9-16-33(32)41)25-27-18-20-28(21-19-27)29-12-6-10-17-34(29)47(45,46)38-35(43)30-13-5-7-14-31(30)37/h5-10,12-21H,3-4,11,22-25H2,1-2H3,(H,38,43). The van der Waals surface area contributed by atoms with Crippen molar-refractivity contribution in [3.8, 4) is 11.1 Å². The number of halogens is 1. The van der Waals surface area contributed by atoms with Crippen LogP contribution in [-0.2, 0) is 21.4 Å². The highest BCUT2D eigenvalue weighted by molar-refractivity contribution is 7.90. The van der Waals surface area contributed by atoms with Gasteiger partial charge >= 0.3 is 6.03 Å². The third-order valence-corrected chi connectivity index (χ3v) is 9.80. The maximum atomic E-state index is 14.0. The van der Waals surface area contributed by atoms with E-state index in [0.29, 0.717) is 48.7 Å². The largest absolute Gasteiger partial charge is 0.324 e. The normalized spacial score (nSPS) is 12.7. The van der Waals surface area contributed by atoms with Crippen LogP contribution in [0.4, 0.5) is 16.2 Å². The van der Waals surface area contributed by atoms with Gasteiger partial charge in [0.2, 0.25) is 5.91 Å². The molecule has 9 nitrogen and oxygen atoms in total. The number of carbonyl (C=O) groups is 3. The van der Waals surface area contributed by atoms with Crippen LogP contribution in [0.1, 0.15) is 49.0 Å². The number of nitrogens with zero attached hydrogens (tertiary/aromatic N) is 3. The van der Waals surface area contributed by atoms with Crippen LogP contribution in [0.2, 0.25) is 5.02 Å². The number of fused-ring (bicyclic) bond motifs is 1. The molecule has 4 aromatic rings. The number of benzene rings is 4. The lowest BCUT2D eigenvalue weighted by Gasteiger charge is -2.38. The predicted molar refractivity (Wildman–Crippen MR) is 185 cm³/mol. The first-order chi connectivity index (χ1) is 22.6. The van der Waals surface area contributed by atoms with Gasteiger partial charge in [-0.25, -0.2) is 17.9 Å². The molecule has 0 atom stereocenters. The molecular weight excluding hydrogens is 636 g/mol. The van der Waals surface area contributed by atoms with Gasteiger partial charge in [-0.15, -0.1) is 0 Å². The summed E-state index contributed by atoms with van der Waals surface area (Å²) >= 11 is 6.11. The summed E-state index contributed by atoms with van der Waals surface area (Å²) in [6, 6.07) is 27.4. The van der Waals surface area contributed by atoms with Crippen molar-refractivity contribution >= 4 is 50.8 Å². The number of hydrogen-bond acceptors (Lipinski definition) is 5. The average Bonchev–Trinajstić information content (AvgIpc) is 3.07. The monoisotopic (exact) mass is 672 g/mol. The highest BCUT2D eigenvalue weighted by atomic mass is 35.5. The van der Waals surface area contributed by atoms with Crippen LogP contribution in [-0.4, -0.2) is 50.8 Å². The number of sulfonamides is 1. The minimum absolute atomic E-state index is 0.0482. The summed E-state index contributed by atoms with van der Waals surface area (Å²) in [5, 5.41) is 0.147. The van der Waals surface area contributed by atoms with E-state index in [2.05, 4.69) is 11.6 Å². The summed E-state index contributed by atoms with van der Waals surface area (Å²) in [6.45, 7) is 5.36. The molecular formula is C36H37ClN4O5S. The summed E-state index contributed by atoms with van der Waals surface area (Å²) in [5.41, 5.74) is 3.42. The number of nitrogens with one attached hydrogen (secondary N) is 1. The molecule has 1 N–H and O–H groups in total. The SMILES string of the molecule is CCCCCN(Cc1ccc(-c2ccccc2S(=O)(=O)NC(=O)c2ccccc2Cl)cc1)C(=O)N1CCN(C(C)=O)c2ccccc21. The molecule has 11 heteroatoms. The van der Waals surface area contributed by atoms with Crippen LogP contribution in [0.25, 0.3) is 11.1 Å². The Morgan fingerprint density at radius 2 is 1.43 bits per heavy atom.